The molecule has 5 N–H and O–H groups in total. The first-order valence-electron chi connectivity index (χ1n) is 10.2. The molecule has 172 valence electrons. The molecule has 0 saturated carbocycles. The molecule has 1 aromatic rings. The standard InChI is InChI=1S/C22H30O9/c1-12-6-7-18(26)21(28)17(25)5-3-4-14-8-16(30-11-15(24)10-23)9-19(27)20(14)22(29)31-13(12)2/h6-9,12-13,15,17,21,23-25,27-28H,3-5,10-11H2,1-2H3/b7-6-/t12-,13+,15?,17+,21+/m1/s1. The molecular weight excluding hydrogens is 408 g/mol. The van der Waals surface area contributed by atoms with E-state index in [2.05, 4.69) is 0 Å². The number of aliphatic hydroxyl groups is 4. The monoisotopic (exact) mass is 438 g/mol. The molecule has 1 aliphatic rings. The Bertz CT molecular complexity index is 804. The molecule has 1 aromatic carbocycles. The van der Waals surface area contributed by atoms with E-state index in [1.165, 1.54) is 24.3 Å². The van der Waals surface area contributed by atoms with Gasteiger partial charge in [-0.15, -0.1) is 0 Å². The van der Waals surface area contributed by atoms with E-state index in [1.54, 1.807) is 13.8 Å². The molecule has 0 aromatic heterocycles. The summed E-state index contributed by atoms with van der Waals surface area (Å²) in [5, 5.41) is 49.0. The molecule has 1 unspecified atom stereocenters. The van der Waals surface area contributed by atoms with Gasteiger partial charge in [0.15, 0.2) is 5.78 Å². The molecule has 0 amide bonds. The van der Waals surface area contributed by atoms with Crippen molar-refractivity contribution in [2.45, 2.75) is 57.5 Å². The summed E-state index contributed by atoms with van der Waals surface area (Å²) in [4.78, 5) is 24.8. The summed E-state index contributed by atoms with van der Waals surface area (Å²) >= 11 is 0. The van der Waals surface area contributed by atoms with E-state index < -0.39 is 42.8 Å². The van der Waals surface area contributed by atoms with Crippen LogP contribution in [0.25, 0.3) is 0 Å². The molecule has 31 heavy (non-hydrogen) atoms. The third-order valence-electron chi connectivity index (χ3n) is 5.23. The number of fused-ring (bicyclic) bond motifs is 1. The number of aliphatic hydroxyl groups excluding tert-OH is 4. The predicted octanol–water partition coefficient (Wildman–Crippen LogP) is 0.489. The Morgan fingerprint density at radius 1 is 1.23 bits per heavy atom. The summed E-state index contributed by atoms with van der Waals surface area (Å²) in [6.07, 6.45) is -1.33. The number of carbonyl (C=O) groups is 2. The Morgan fingerprint density at radius 3 is 2.61 bits per heavy atom. The van der Waals surface area contributed by atoms with Crippen molar-refractivity contribution >= 4 is 11.8 Å². The number of carbonyl (C=O) groups excluding carboxylic acids is 2. The van der Waals surface area contributed by atoms with Crippen LogP contribution in [0.2, 0.25) is 0 Å². The molecule has 0 spiro atoms. The lowest BCUT2D eigenvalue weighted by atomic mass is 9.96. The zero-order chi connectivity index (χ0) is 23.1. The number of aromatic hydroxyl groups is 1. The zero-order valence-corrected chi connectivity index (χ0v) is 17.6. The fourth-order valence-corrected chi connectivity index (χ4v) is 3.10. The van der Waals surface area contributed by atoms with Gasteiger partial charge in [0.2, 0.25) is 0 Å². The number of esters is 1. The van der Waals surface area contributed by atoms with Crippen LogP contribution >= 0.6 is 0 Å². The maximum Gasteiger partial charge on any atom is 0.342 e. The summed E-state index contributed by atoms with van der Waals surface area (Å²) < 4.78 is 10.8. The molecule has 2 rings (SSSR count). The smallest absolute Gasteiger partial charge is 0.342 e. The SMILES string of the molecule is C[C@@H]1/C=C\C(=O)[C@@H](O)[C@@H](O)CCCc2cc(OCC(O)CO)cc(O)c2C(=O)O[C@H]1C. The molecule has 0 fully saturated rings. The third kappa shape index (κ3) is 6.76. The Balaban J connectivity index is 2.37. The van der Waals surface area contributed by atoms with Crippen molar-refractivity contribution in [3.05, 3.63) is 35.4 Å². The Hall–Kier alpha value is -2.46. The lowest BCUT2D eigenvalue weighted by molar-refractivity contribution is -0.128. The first kappa shape index (κ1) is 24.8. The van der Waals surface area contributed by atoms with Crippen LogP contribution in [0, 0.1) is 5.92 Å². The van der Waals surface area contributed by atoms with Crippen LogP contribution in [0.3, 0.4) is 0 Å². The van der Waals surface area contributed by atoms with Gasteiger partial charge < -0.3 is 35.0 Å². The summed E-state index contributed by atoms with van der Waals surface area (Å²) in [5.41, 5.74) is 0.347. The second kappa shape index (κ2) is 11.2. The number of ketones is 1. The van der Waals surface area contributed by atoms with Crippen molar-refractivity contribution in [1.29, 1.82) is 0 Å². The van der Waals surface area contributed by atoms with Crippen molar-refractivity contribution in [2.75, 3.05) is 13.2 Å². The van der Waals surface area contributed by atoms with Crippen LogP contribution in [0.5, 0.6) is 11.5 Å². The molecule has 9 nitrogen and oxygen atoms in total. The van der Waals surface area contributed by atoms with Gasteiger partial charge in [0.1, 0.15) is 42.0 Å². The summed E-state index contributed by atoms with van der Waals surface area (Å²) in [6, 6.07) is 2.73. The highest BCUT2D eigenvalue weighted by molar-refractivity contribution is 5.95. The van der Waals surface area contributed by atoms with Crippen LogP contribution in [0.15, 0.2) is 24.3 Å². The molecule has 1 aliphatic heterocycles. The Kier molecular flexibility index (Phi) is 9.00. The molecule has 1 heterocycles. The highest BCUT2D eigenvalue weighted by Gasteiger charge is 2.26. The van der Waals surface area contributed by atoms with Gasteiger partial charge in [-0.25, -0.2) is 4.79 Å². The summed E-state index contributed by atoms with van der Waals surface area (Å²) in [6.45, 7) is 2.65. The Morgan fingerprint density at radius 2 is 1.94 bits per heavy atom. The van der Waals surface area contributed by atoms with Crippen LogP contribution in [0.4, 0.5) is 0 Å². The van der Waals surface area contributed by atoms with E-state index in [0.29, 0.717) is 12.0 Å². The lowest BCUT2D eigenvalue weighted by Gasteiger charge is -2.21. The topological polar surface area (TPSA) is 154 Å². The van der Waals surface area contributed by atoms with Crippen molar-refractivity contribution in [3.8, 4) is 11.5 Å². The van der Waals surface area contributed by atoms with Gasteiger partial charge in [0.25, 0.3) is 0 Å². The third-order valence-corrected chi connectivity index (χ3v) is 5.23. The second-order valence-corrected chi connectivity index (χ2v) is 7.76. The number of benzene rings is 1. The molecule has 5 atom stereocenters. The van der Waals surface area contributed by atoms with Crippen molar-refractivity contribution in [1.82, 2.24) is 0 Å². The zero-order valence-electron chi connectivity index (χ0n) is 17.6. The highest BCUT2D eigenvalue weighted by atomic mass is 16.5. The first-order chi connectivity index (χ1) is 14.6. The maximum absolute atomic E-state index is 12.8. The van der Waals surface area contributed by atoms with E-state index >= 15 is 0 Å². The number of hydrogen-bond acceptors (Lipinski definition) is 9. The number of ether oxygens (including phenoxy) is 2. The number of phenolic OH excluding ortho intramolecular Hbond substituents is 1. The normalized spacial score (nSPS) is 27.5. The van der Waals surface area contributed by atoms with E-state index in [-0.39, 0.29) is 42.4 Å². The Labute approximate surface area is 180 Å². The largest absolute Gasteiger partial charge is 0.507 e. The minimum Gasteiger partial charge on any atom is -0.507 e. The minimum absolute atomic E-state index is 0.0405. The summed E-state index contributed by atoms with van der Waals surface area (Å²) in [5.74, 6) is -1.93. The van der Waals surface area contributed by atoms with Gasteiger partial charge in [0, 0.05) is 12.0 Å². The quantitative estimate of drug-likeness (QED) is 0.423. The minimum atomic E-state index is -1.56. The van der Waals surface area contributed by atoms with E-state index in [4.69, 9.17) is 14.6 Å². The van der Waals surface area contributed by atoms with Crippen LogP contribution in [-0.4, -0.2) is 74.9 Å². The molecular formula is C22H30O9. The average Bonchev–Trinajstić information content (AvgIpc) is 2.73. The fraction of sp³-hybridized carbons (Fsp3) is 0.545. The van der Waals surface area contributed by atoms with E-state index in [1.807, 2.05) is 0 Å². The number of phenols is 1. The highest BCUT2D eigenvalue weighted by Crippen LogP contribution is 2.31. The van der Waals surface area contributed by atoms with Crippen LogP contribution < -0.4 is 4.74 Å². The van der Waals surface area contributed by atoms with Gasteiger partial charge in [-0.1, -0.05) is 13.0 Å². The van der Waals surface area contributed by atoms with Crippen LogP contribution in [0.1, 0.15) is 42.6 Å². The van der Waals surface area contributed by atoms with Gasteiger partial charge in [-0.2, -0.15) is 0 Å². The molecule has 0 aliphatic carbocycles. The molecule has 0 saturated heterocycles. The van der Waals surface area contributed by atoms with Crippen LogP contribution in [-0.2, 0) is 16.0 Å². The number of rotatable bonds is 4. The fourth-order valence-electron chi connectivity index (χ4n) is 3.10. The van der Waals surface area contributed by atoms with E-state index in [0.717, 1.165) is 0 Å². The maximum atomic E-state index is 12.8. The predicted molar refractivity (Wildman–Crippen MR) is 110 cm³/mol. The number of hydrogen-bond donors (Lipinski definition) is 5. The first-order valence-corrected chi connectivity index (χ1v) is 10.2. The van der Waals surface area contributed by atoms with Crippen molar-refractivity contribution < 1.29 is 44.6 Å². The molecule has 0 radical (unpaired) electrons. The number of cyclic esters (lactones) is 1. The number of aryl methyl sites for hydroxylation is 1. The lowest BCUT2D eigenvalue weighted by Crippen LogP contribution is -2.33. The molecule has 0 bridgehead atoms. The average molecular weight is 438 g/mol. The second-order valence-electron chi connectivity index (χ2n) is 7.76. The van der Waals surface area contributed by atoms with Crippen molar-refractivity contribution in [3.63, 3.8) is 0 Å². The molecule has 9 heteroatoms. The van der Waals surface area contributed by atoms with Gasteiger partial charge in [-0.3, -0.25) is 4.79 Å². The van der Waals surface area contributed by atoms with Gasteiger partial charge in [-0.05, 0) is 43.9 Å². The van der Waals surface area contributed by atoms with Crippen molar-refractivity contribution in [2.24, 2.45) is 5.92 Å². The van der Waals surface area contributed by atoms with Gasteiger partial charge >= 0.3 is 5.97 Å². The summed E-state index contributed by atoms with van der Waals surface area (Å²) in [7, 11) is 0. The van der Waals surface area contributed by atoms with Gasteiger partial charge in [0.05, 0.1) is 12.7 Å². The van der Waals surface area contributed by atoms with E-state index in [9.17, 15) is 30.0 Å².